The van der Waals surface area contributed by atoms with Crippen molar-refractivity contribution >= 4 is 21.9 Å². The van der Waals surface area contributed by atoms with Crippen LogP contribution in [0.3, 0.4) is 0 Å². The number of carboxylic acids is 1. The number of carbonyl (C=O) groups is 2. The molecule has 0 bridgehead atoms. The normalized spacial score (nSPS) is 21.6. The summed E-state index contributed by atoms with van der Waals surface area (Å²) in [7, 11) is -2.05. The Bertz CT molecular complexity index is 476. The van der Waals surface area contributed by atoms with Gasteiger partial charge in [-0.15, -0.1) is 0 Å². The first-order valence-electron chi connectivity index (χ1n) is 6.71. The van der Waals surface area contributed by atoms with Crippen LogP contribution in [0.1, 0.15) is 33.1 Å². The maximum Gasteiger partial charge on any atom is 0.326 e. The van der Waals surface area contributed by atoms with E-state index in [9.17, 15) is 18.0 Å². The lowest BCUT2D eigenvalue weighted by Gasteiger charge is -2.29. The number of hydrogen-bond acceptors (Lipinski definition) is 4. The molecule has 0 aromatic carbocycles. The highest BCUT2D eigenvalue weighted by Gasteiger charge is 2.40. The fraction of sp³-hybridized carbons (Fsp3) is 0.833. The van der Waals surface area contributed by atoms with Gasteiger partial charge in [0, 0.05) is 13.6 Å². The van der Waals surface area contributed by atoms with E-state index in [4.69, 9.17) is 5.11 Å². The van der Waals surface area contributed by atoms with Gasteiger partial charge in [0.2, 0.25) is 15.9 Å². The fourth-order valence-corrected chi connectivity index (χ4v) is 4.03. The molecule has 0 aliphatic carbocycles. The first-order chi connectivity index (χ1) is 9.22. The predicted octanol–water partition coefficient (Wildman–Crippen LogP) is 0.122. The molecule has 0 radical (unpaired) electrons. The van der Waals surface area contributed by atoms with E-state index in [0.717, 1.165) is 4.90 Å². The SMILES string of the molecule is CCCS(=O)(=O)N1CCCC1C(=O)N(C)C(C)C(=O)O. The van der Waals surface area contributed by atoms with Crippen LogP contribution in [-0.4, -0.2) is 66.0 Å². The van der Waals surface area contributed by atoms with E-state index in [1.165, 1.54) is 18.3 Å². The average molecular weight is 306 g/mol. The smallest absolute Gasteiger partial charge is 0.326 e. The third-order valence-corrected chi connectivity index (χ3v) is 5.67. The van der Waals surface area contributed by atoms with Crippen LogP contribution in [0.25, 0.3) is 0 Å². The van der Waals surface area contributed by atoms with Crippen molar-refractivity contribution in [2.24, 2.45) is 0 Å². The van der Waals surface area contributed by atoms with Crippen LogP contribution in [0, 0.1) is 0 Å². The van der Waals surface area contributed by atoms with Crippen LogP contribution in [0.15, 0.2) is 0 Å². The molecule has 1 aliphatic rings. The molecule has 0 aromatic heterocycles. The molecule has 1 fully saturated rings. The van der Waals surface area contributed by atoms with E-state index in [-0.39, 0.29) is 5.75 Å². The van der Waals surface area contributed by atoms with Gasteiger partial charge in [-0.2, -0.15) is 4.31 Å². The van der Waals surface area contributed by atoms with Gasteiger partial charge in [0.05, 0.1) is 5.75 Å². The molecule has 8 heteroatoms. The Labute approximate surface area is 119 Å². The van der Waals surface area contributed by atoms with Crippen molar-refractivity contribution in [1.29, 1.82) is 0 Å². The molecule has 2 unspecified atom stereocenters. The molecule has 1 aliphatic heterocycles. The van der Waals surface area contributed by atoms with Crippen LogP contribution in [0.2, 0.25) is 0 Å². The van der Waals surface area contributed by atoms with Crippen molar-refractivity contribution in [3.05, 3.63) is 0 Å². The zero-order chi connectivity index (χ0) is 15.5. The number of aliphatic carboxylic acids is 1. The molecule has 1 amide bonds. The molecule has 2 atom stereocenters. The number of rotatable bonds is 6. The highest BCUT2D eigenvalue weighted by atomic mass is 32.2. The minimum absolute atomic E-state index is 0.00891. The molecule has 116 valence electrons. The van der Waals surface area contributed by atoms with Gasteiger partial charge in [0.1, 0.15) is 12.1 Å². The zero-order valence-corrected chi connectivity index (χ0v) is 12.9. The number of carboxylic acid groups (broad SMARTS) is 1. The van der Waals surface area contributed by atoms with Gasteiger partial charge < -0.3 is 10.0 Å². The van der Waals surface area contributed by atoms with E-state index in [1.54, 1.807) is 6.92 Å². The second-order valence-electron chi connectivity index (χ2n) is 5.05. The lowest BCUT2D eigenvalue weighted by Crippen LogP contribution is -2.51. The summed E-state index contributed by atoms with van der Waals surface area (Å²) in [4.78, 5) is 24.3. The maximum absolute atomic E-state index is 12.3. The molecule has 20 heavy (non-hydrogen) atoms. The lowest BCUT2D eigenvalue weighted by molar-refractivity contribution is -0.149. The monoisotopic (exact) mass is 306 g/mol. The largest absolute Gasteiger partial charge is 0.480 e. The van der Waals surface area contributed by atoms with E-state index < -0.39 is 34.0 Å². The molecule has 0 aromatic rings. The molecular weight excluding hydrogens is 284 g/mol. The van der Waals surface area contributed by atoms with Crippen LogP contribution in [0.4, 0.5) is 0 Å². The Kier molecular flexibility index (Phi) is 5.52. The first-order valence-corrected chi connectivity index (χ1v) is 8.32. The van der Waals surface area contributed by atoms with Gasteiger partial charge in [-0.05, 0) is 26.2 Å². The maximum atomic E-state index is 12.3. The Balaban J connectivity index is 2.89. The van der Waals surface area contributed by atoms with Gasteiger partial charge in [0.25, 0.3) is 0 Å². The Hall–Kier alpha value is -1.15. The summed E-state index contributed by atoms with van der Waals surface area (Å²) in [6.45, 7) is 3.50. The van der Waals surface area contributed by atoms with E-state index in [0.29, 0.717) is 25.8 Å². The summed E-state index contributed by atoms with van der Waals surface area (Å²) in [6, 6.07) is -1.74. The molecule has 0 saturated carbocycles. The van der Waals surface area contributed by atoms with E-state index >= 15 is 0 Å². The van der Waals surface area contributed by atoms with Gasteiger partial charge in [-0.1, -0.05) is 6.92 Å². The number of sulfonamides is 1. The third kappa shape index (κ3) is 3.49. The third-order valence-electron chi connectivity index (χ3n) is 3.59. The minimum Gasteiger partial charge on any atom is -0.480 e. The molecule has 1 N–H and O–H groups in total. The van der Waals surface area contributed by atoms with E-state index in [2.05, 4.69) is 0 Å². The van der Waals surface area contributed by atoms with Crippen LogP contribution >= 0.6 is 0 Å². The topological polar surface area (TPSA) is 95.0 Å². The predicted molar refractivity (Wildman–Crippen MR) is 73.7 cm³/mol. The van der Waals surface area contributed by atoms with Crippen molar-refractivity contribution in [2.45, 2.75) is 45.2 Å². The van der Waals surface area contributed by atoms with Crippen LogP contribution < -0.4 is 0 Å². The molecule has 1 heterocycles. The van der Waals surface area contributed by atoms with Gasteiger partial charge in [0.15, 0.2) is 0 Å². The Morgan fingerprint density at radius 2 is 2.05 bits per heavy atom. The van der Waals surface area contributed by atoms with Crippen molar-refractivity contribution < 1.29 is 23.1 Å². The highest BCUT2D eigenvalue weighted by molar-refractivity contribution is 7.89. The molecule has 1 rings (SSSR count). The summed E-state index contributed by atoms with van der Waals surface area (Å²) < 4.78 is 25.5. The molecule has 7 nitrogen and oxygen atoms in total. The van der Waals surface area contributed by atoms with Crippen molar-refractivity contribution in [3.63, 3.8) is 0 Å². The Morgan fingerprint density at radius 3 is 2.55 bits per heavy atom. The van der Waals surface area contributed by atoms with Crippen molar-refractivity contribution in [3.8, 4) is 0 Å². The zero-order valence-electron chi connectivity index (χ0n) is 12.1. The van der Waals surface area contributed by atoms with Crippen LogP contribution in [-0.2, 0) is 19.6 Å². The minimum atomic E-state index is -3.45. The fourth-order valence-electron chi connectivity index (χ4n) is 2.29. The molecule has 0 spiro atoms. The van der Waals surface area contributed by atoms with E-state index in [1.807, 2.05) is 0 Å². The lowest BCUT2D eigenvalue weighted by atomic mass is 10.2. The number of hydrogen-bond donors (Lipinski definition) is 1. The number of amides is 1. The summed E-state index contributed by atoms with van der Waals surface area (Å²) in [5.74, 6) is -1.55. The summed E-state index contributed by atoms with van der Waals surface area (Å²) >= 11 is 0. The Morgan fingerprint density at radius 1 is 1.45 bits per heavy atom. The van der Waals surface area contributed by atoms with Crippen LogP contribution in [0.5, 0.6) is 0 Å². The highest BCUT2D eigenvalue weighted by Crippen LogP contribution is 2.23. The van der Waals surface area contributed by atoms with Crippen molar-refractivity contribution in [2.75, 3.05) is 19.3 Å². The standard InChI is InChI=1S/C12H22N2O5S/c1-4-8-20(18,19)14-7-5-6-10(14)11(15)13(3)9(2)12(16)17/h9-10H,4-8H2,1-3H3,(H,16,17). The van der Waals surface area contributed by atoms with Gasteiger partial charge in [-0.25, -0.2) is 13.2 Å². The summed E-state index contributed by atoms with van der Waals surface area (Å²) in [6.07, 6.45) is 1.55. The summed E-state index contributed by atoms with van der Waals surface area (Å²) in [5, 5.41) is 8.93. The second-order valence-corrected chi connectivity index (χ2v) is 7.09. The number of carbonyl (C=O) groups excluding carboxylic acids is 1. The summed E-state index contributed by atoms with van der Waals surface area (Å²) in [5.41, 5.74) is 0. The van der Waals surface area contributed by atoms with Gasteiger partial charge in [-0.3, -0.25) is 4.79 Å². The number of nitrogens with zero attached hydrogens (tertiary/aromatic N) is 2. The van der Waals surface area contributed by atoms with Crippen molar-refractivity contribution in [1.82, 2.24) is 9.21 Å². The molecular formula is C12H22N2O5S. The molecule has 1 saturated heterocycles. The quantitative estimate of drug-likeness (QED) is 0.752. The number of likely N-dealkylation sites (N-methyl/N-ethyl adjacent to an activating group) is 1. The second kappa shape index (κ2) is 6.53. The van der Waals surface area contributed by atoms with Gasteiger partial charge >= 0.3 is 5.97 Å². The first kappa shape index (κ1) is 16.9. The average Bonchev–Trinajstić information content (AvgIpc) is 2.85.